The highest BCUT2D eigenvalue weighted by atomic mass is 32.2. The SMILES string of the molecule is COc1ccc(OC)c(CNC(=O)CSc2nc3ncccc3n3cccc23)c1. The van der Waals surface area contributed by atoms with E-state index in [2.05, 4.69) is 15.3 Å². The van der Waals surface area contributed by atoms with Crippen molar-refractivity contribution in [3.63, 3.8) is 0 Å². The standard InChI is InChI=1S/C21H20N4O3S/c1-27-15-7-8-18(28-2)14(11-15)12-23-19(26)13-29-21-17-6-4-10-25(17)16-5-3-9-22-20(16)24-21/h3-11H,12-13H2,1-2H3,(H,23,26). The number of carbonyl (C=O) groups is 1. The van der Waals surface area contributed by atoms with Crippen LogP contribution in [-0.2, 0) is 11.3 Å². The van der Waals surface area contributed by atoms with Gasteiger partial charge in [0.1, 0.15) is 16.5 Å². The molecule has 1 aromatic carbocycles. The number of aromatic nitrogens is 3. The third-order valence-corrected chi connectivity index (χ3v) is 5.48. The van der Waals surface area contributed by atoms with Gasteiger partial charge in [-0.2, -0.15) is 0 Å². The molecular weight excluding hydrogens is 388 g/mol. The van der Waals surface area contributed by atoms with Crippen LogP contribution >= 0.6 is 11.8 Å². The molecule has 0 aliphatic carbocycles. The first kappa shape index (κ1) is 19.1. The Bertz CT molecular complexity index is 1180. The van der Waals surface area contributed by atoms with E-state index in [4.69, 9.17) is 9.47 Å². The fraction of sp³-hybridized carbons (Fsp3) is 0.190. The fourth-order valence-corrected chi connectivity index (χ4v) is 3.92. The van der Waals surface area contributed by atoms with E-state index in [1.165, 1.54) is 11.8 Å². The van der Waals surface area contributed by atoms with E-state index in [1.807, 2.05) is 53.1 Å². The maximum atomic E-state index is 12.4. The summed E-state index contributed by atoms with van der Waals surface area (Å²) in [5.74, 6) is 1.58. The van der Waals surface area contributed by atoms with Gasteiger partial charge >= 0.3 is 0 Å². The van der Waals surface area contributed by atoms with E-state index in [1.54, 1.807) is 20.4 Å². The van der Waals surface area contributed by atoms with Crippen molar-refractivity contribution in [2.45, 2.75) is 11.6 Å². The summed E-state index contributed by atoms with van der Waals surface area (Å²) in [6, 6.07) is 13.3. The molecule has 4 aromatic rings. The molecule has 0 saturated carbocycles. The summed E-state index contributed by atoms with van der Waals surface area (Å²) in [4.78, 5) is 21.4. The van der Waals surface area contributed by atoms with Crippen LogP contribution in [0.4, 0.5) is 0 Å². The quantitative estimate of drug-likeness (QED) is 0.473. The topological polar surface area (TPSA) is 77.8 Å². The van der Waals surface area contributed by atoms with Crippen molar-refractivity contribution >= 4 is 34.3 Å². The Morgan fingerprint density at radius 1 is 1.14 bits per heavy atom. The maximum absolute atomic E-state index is 12.4. The summed E-state index contributed by atoms with van der Waals surface area (Å²) in [7, 11) is 3.21. The number of nitrogens with one attached hydrogen (secondary N) is 1. The largest absolute Gasteiger partial charge is 0.497 e. The van der Waals surface area contributed by atoms with E-state index >= 15 is 0 Å². The minimum Gasteiger partial charge on any atom is -0.497 e. The molecular formula is C21H20N4O3S. The average molecular weight is 408 g/mol. The molecule has 3 heterocycles. The molecule has 0 radical (unpaired) electrons. The van der Waals surface area contributed by atoms with Gasteiger partial charge < -0.3 is 19.2 Å². The number of ether oxygens (including phenoxy) is 2. The predicted octanol–water partition coefficient (Wildman–Crippen LogP) is 3.31. The van der Waals surface area contributed by atoms with Gasteiger partial charge in [-0.05, 0) is 42.5 Å². The van der Waals surface area contributed by atoms with Crippen LogP contribution < -0.4 is 14.8 Å². The number of carbonyl (C=O) groups excluding carboxylic acids is 1. The van der Waals surface area contributed by atoms with Crippen LogP contribution in [0.25, 0.3) is 16.7 Å². The lowest BCUT2D eigenvalue weighted by Crippen LogP contribution is -2.24. The Labute approximate surface area is 172 Å². The van der Waals surface area contributed by atoms with Crippen molar-refractivity contribution in [2.24, 2.45) is 0 Å². The monoisotopic (exact) mass is 408 g/mol. The van der Waals surface area contributed by atoms with Crippen molar-refractivity contribution in [2.75, 3.05) is 20.0 Å². The molecule has 1 amide bonds. The summed E-state index contributed by atoms with van der Waals surface area (Å²) in [6.45, 7) is 0.354. The number of hydrogen-bond acceptors (Lipinski definition) is 6. The van der Waals surface area contributed by atoms with Gasteiger partial charge in [0.25, 0.3) is 0 Å². The molecule has 29 heavy (non-hydrogen) atoms. The molecule has 7 nitrogen and oxygen atoms in total. The van der Waals surface area contributed by atoms with E-state index in [9.17, 15) is 4.79 Å². The van der Waals surface area contributed by atoms with Crippen molar-refractivity contribution in [1.29, 1.82) is 0 Å². The molecule has 8 heteroatoms. The van der Waals surface area contributed by atoms with E-state index in [-0.39, 0.29) is 11.7 Å². The van der Waals surface area contributed by atoms with E-state index in [0.29, 0.717) is 23.7 Å². The Morgan fingerprint density at radius 2 is 2.00 bits per heavy atom. The number of benzene rings is 1. The zero-order valence-electron chi connectivity index (χ0n) is 16.1. The van der Waals surface area contributed by atoms with Gasteiger partial charge in [0, 0.05) is 24.5 Å². The summed E-state index contributed by atoms with van der Waals surface area (Å²) < 4.78 is 12.6. The molecule has 1 N–H and O–H groups in total. The molecule has 0 bridgehead atoms. The Balaban J connectivity index is 1.46. The highest BCUT2D eigenvalue weighted by Crippen LogP contribution is 2.26. The number of rotatable bonds is 7. The molecule has 148 valence electrons. The van der Waals surface area contributed by atoms with Crippen molar-refractivity contribution < 1.29 is 14.3 Å². The van der Waals surface area contributed by atoms with Gasteiger partial charge in [-0.1, -0.05) is 11.8 Å². The summed E-state index contributed by atoms with van der Waals surface area (Å²) in [5.41, 5.74) is 3.40. The van der Waals surface area contributed by atoms with Crippen LogP contribution in [0.2, 0.25) is 0 Å². The normalized spacial score (nSPS) is 11.0. The predicted molar refractivity (Wildman–Crippen MR) is 113 cm³/mol. The van der Waals surface area contributed by atoms with Crippen molar-refractivity contribution in [1.82, 2.24) is 19.7 Å². The molecule has 0 aliphatic heterocycles. The lowest BCUT2D eigenvalue weighted by Gasteiger charge is -2.11. The lowest BCUT2D eigenvalue weighted by atomic mass is 10.2. The third-order valence-electron chi connectivity index (χ3n) is 4.50. The average Bonchev–Trinajstić information content (AvgIpc) is 3.26. The van der Waals surface area contributed by atoms with Crippen LogP contribution in [0.5, 0.6) is 11.5 Å². The molecule has 4 rings (SSSR count). The number of pyridine rings is 1. The molecule has 0 saturated heterocycles. The van der Waals surface area contributed by atoms with Crippen LogP contribution in [0.3, 0.4) is 0 Å². The van der Waals surface area contributed by atoms with Gasteiger partial charge in [-0.25, -0.2) is 9.97 Å². The van der Waals surface area contributed by atoms with E-state index < -0.39 is 0 Å². The maximum Gasteiger partial charge on any atom is 0.230 e. The van der Waals surface area contributed by atoms with Gasteiger partial charge in [-0.15, -0.1) is 0 Å². The molecule has 0 unspecified atom stereocenters. The number of thioether (sulfide) groups is 1. The summed E-state index contributed by atoms with van der Waals surface area (Å²) >= 11 is 1.39. The Hall–Kier alpha value is -3.26. The van der Waals surface area contributed by atoms with Gasteiger partial charge in [0.05, 0.1) is 31.0 Å². The number of fused-ring (bicyclic) bond motifs is 3. The van der Waals surface area contributed by atoms with Crippen LogP contribution in [0.15, 0.2) is 59.9 Å². The molecule has 3 aromatic heterocycles. The van der Waals surface area contributed by atoms with Crippen molar-refractivity contribution in [3.05, 3.63) is 60.4 Å². The molecule has 0 atom stereocenters. The van der Waals surface area contributed by atoms with Crippen LogP contribution in [0.1, 0.15) is 5.56 Å². The first-order valence-corrected chi connectivity index (χ1v) is 10.0. The third kappa shape index (κ3) is 3.97. The first-order chi connectivity index (χ1) is 14.2. The zero-order chi connectivity index (χ0) is 20.2. The second-order valence-electron chi connectivity index (χ2n) is 6.27. The molecule has 0 spiro atoms. The smallest absolute Gasteiger partial charge is 0.230 e. The number of amides is 1. The molecule has 0 aliphatic rings. The lowest BCUT2D eigenvalue weighted by molar-refractivity contribution is -0.118. The van der Waals surface area contributed by atoms with Crippen LogP contribution in [0, 0.1) is 0 Å². The van der Waals surface area contributed by atoms with Gasteiger partial charge in [-0.3, -0.25) is 4.79 Å². The molecule has 0 fully saturated rings. The summed E-state index contributed by atoms with van der Waals surface area (Å²) in [6.07, 6.45) is 3.69. The first-order valence-electron chi connectivity index (χ1n) is 9.02. The number of nitrogens with zero attached hydrogens (tertiary/aromatic N) is 3. The zero-order valence-corrected chi connectivity index (χ0v) is 16.9. The van der Waals surface area contributed by atoms with Crippen molar-refractivity contribution in [3.8, 4) is 11.5 Å². The number of methoxy groups -OCH3 is 2. The number of hydrogen-bond donors (Lipinski definition) is 1. The summed E-state index contributed by atoms with van der Waals surface area (Å²) in [5, 5.41) is 3.70. The highest BCUT2D eigenvalue weighted by Gasteiger charge is 2.12. The second kappa shape index (κ2) is 8.40. The van der Waals surface area contributed by atoms with Crippen LogP contribution in [-0.4, -0.2) is 40.2 Å². The minimum atomic E-state index is -0.0903. The second-order valence-corrected chi connectivity index (χ2v) is 7.23. The van der Waals surface area contributed by atoms with E-state index in [0.717, 1.165) is 21.6 Å². The van der Waals surface area contributed by atoms with Gasteiger partial charge in [0.2, 0.25) is 5.91 Å². The Kier molecular flexibility index (Phi) is 5.53. The Morgan fingerprint density at radius 3 is 2.83 bits per heavy atom. The highest BCUT2D eigenvalue weighted by molar-refractivity contribution is 8.00. The fourth-order valence-electron chi connectivity index (χ4n) is 3.09. The minimum absolute atomic E-state index is 0.0903. The van der Waals surface area contributed by atoms with Gasteiger partial charge in [0.15, 0.2) is 5.65 Å².